The highest BCUT2D eigenvalue weighted by Crippen LogP contribution is 2.07. The van der Waals surface area contributed by atoms with Gasteiger partial charge in [0.1, 0.15) is 13.2 Å². The molecule has 0 atom stereocenters. The average molecular weight is 659 g/mol. The van der Waals surface area contributed by atoms with Gasteiger partial charge in [0, 0.05) is 6.42 Å². The second-order valence-corrected chi connectivity index (χ2v) is 10.1. The van der Waals surface area contributed by atoms with Crippen LogP contribution in [0.5, 0.6) is 0 Å². The second-order valence-electron chi connectivity index (χ2n) is 10.1. The maximum atomic E-state index is 11.8. The molecule has 0 heterocycles. The van der Waals surface area contributed by atoms with Crippen molar-refractivity contribution in [2.45, 2.75) is 51.9 Å². The third-order valence-electron chi connectivity index (χ3n) is 6.30. The van der Waals surface area contributed by atoms with Crippen molar-refractivity contribution in [1.82, 2.24) is 0 Å². The molecule has 12 nitrogen and oxygen atoms in total. The summed E-state index contributed by atoms with van der Waals surface area (Å²) in [6, 6.07) is 8.85. The Balaban J connectivity index is 1.66. The molecule has 0 aromatic heterocycles. The van der Waals surface area contributed by atoms with Crippen molar-refractivity contribution in [3.8, 4) is 0 Å². The molecule has 0 amide bonds. The van der Waals surface area contributed by atoms with Gasteiger partial charge in [-0.1, -0.05) is 57.2 Å². The predicted molar refractivity (Wildman–Crippen MR) is 172 cm³/mol. The van der Waals surface area contributed by atoms with Gasteiger partial charge in [-0.05, 0) is 18.6 Å². The number of rotatable bonds is 35. The van der Waals surface area contributed by atoms with Crippen LogP contribution in [0.1, 0.15) is 62.2 Å². The van der Waals surface area contributed by atoms with Gasteiger partial charge in [-0.15, -0.1) is 0 Å². The summed E-state index contributed by atoms with van der Waals surface area (Å²) >= 11 is 0. The quantitative estimate of drug-likeness (QED) is 0.0764. The fourth-order valence-corrected chi connectivity index (χ4v) is 3.83. The molecule has 46 heavy (non-hydrogen) atoms. The molecule has 12 heteroatoms. The Labute approximate surface area is 275 Å². The van der Waals surface area contributed by atoms with Gasteiger partial charge < -0.3 is 47.4 Å². The van der Waals surface area contributed by atoms with Gasteiger partial charge in [-0.25, -0.2) is 4.79 Å². The SMILES string of the molecule is CCCCCCCCC(=O)OCCOCCOCCOCCOCCOCCOCCOCCOCCOC(=O)c1ccccc1. The molecule has 0 saturated heterocycles. The van der Waals surface area contributed by atoms with Crippen LogP contribution in [0.4, 0.5) is 0 Å². The number of hydrogen-bond donors (Lipinski definition) is 0. The molecule has 1 rings (SSSR count). The van der Waals surface area contributed by atoms with Crippen molar-refractivity contribution in [2.75, 3.05) is 119 Å². The third-order valence-corrected chi connectivity index (χ3v) is 6.30. The topological polar surface area (TPSA) is 126 Å². The summed E-state index contributed by atoms with van der Waals surface area (Å²) in [5, 5.41) is 0. The number of carbonyl (C=O) groups excluding carboxylic acids is 2. The Morgan fingerprint density at radius 2 is 0.783 bits per heavy atom. The van der Waals surface area contributed by atoms with Crippen LogP contribution in [-0.4, -0.2) is 131 Å². The third kappa shape index (κ3) is 29.3. The number of unbranched alkanes of at least 4 members (excludes halogenated alkanes) is 5. The Morgan fingerprint density at radius 1 is 0.435 bits per heavy atom. The summed E-state index contributed by atoms with van der Waals surface area (Å²) in [4.78, 5) is 23.4. The summed E-state index contributed by atoms with van der Waals surface area (Å²) < 4.78 is 53.8. The van der Waals surface area contributed by atoms with Crippen molar-refractivity contribution in [1.29, 1.82) is 0 Å². The number of esters is 2. The molecule has 1 aromatic carbocycles. The van der Waals surface area contributed by atoms with Crippen molar-refractivity contribution < 1.29 is 57.0 Å². The Bertz CT molecular complexity index is 796. The monoisotopic (exact) mass is 658 g/mol. The lowest BCUT2D eigenvalue weighted by Crippen LogP contribution is -2.15. The molecule has 0 spiro atoms. The summed E-state index contributed by atoms with van der Waals surface area (Å²) in [6.45, 7) is 9.95. The van der Waals surface area contributed by atoms with Gasteiger partial charge in [0.2, 0.25) is 0 Å². The van der Waals surface area contributed by atoms with Crippen molar-refractivity contribution in [2.24, 2.45) is 0 Å². The number of hydrogen-bond acceptors (Lipinski definition) is 12. The molecular weight excluding hydrogens is 600 g/mol. The minimum absolute atomic E-state index is 0.147. The predicted octanol–water partition coefficient (Wildman–Crippen LogP) is 4.27. The van der Waals surface area contributed by atoms with E-state index in [1.807, 2.05) is 6.07 Å². The normalized spacial score (nSPS) is 11.2. The Hall–Kier alpha value is -2.16. The smallest absolute Gasteiger partial charge is 0.338 e. The first kappa shape index (κ1) is 41.9. The maximum absolute atomic E-state index is 11.8. The second kappa shape index (κ2) is 34.2. The summed E-state index contributed by atoms with van der Waals surface area (Å²) in [6.07, 6.45) is 7.40. The van der Waals surface area contributed by atoms with Crippen LogP contribution in [0.3, 0.4) is 0 Å². The Morgan fingerprint density at radius 3 is 1.20 bits per heavy atom. The molecule has 0 N–H and O–H groups in total. The molecule has 266 valence electrons. The van der Waals surface area contributed by atoms with Crippen LogP contribution in [-0.2, 0) is 52.2 Å². The molecule has 1 aromatic rings. The molecule has 0 bridgehead atoms. The molecule has 0 saturated carbocycles. The van der Waals surface area contributed by atoms with E-state index >= 15 is 0 Å². The van der Waals surface area contributed by atoms with E-state index < -0.39 is 0 Å². The van der Waals surface area contributed by atoms with Crippen LogP contribution < -0.4 is 0 Å². The molecule has 0 unspecified atom stereocenters. The van der Waals surface area contributed by atoms with Gasteiger partial charge in [0.15, 0.2) is 0 Å². The zero-order chi connectivity index (χ0) is 33.0. The lowest BCUT2D eigenvalue weighted by Gasteiger charge is -2.09. The van der Waals surface area contributed by atoms with E-state index in [0.717, 1.165) is 12.8 Å². The number of ether oxygens (including phenoxy) is 10. The fourth-order valence-electron chi connectivity index (χ4n) is 3.83. The highest BCUT2D eigenvalue weighted by Gasteiger charge is 2.05. The van der Waals surface area contributed by atoms with Crippen LogP contribution >= 0.6 is 0 Å². The van der Waals surface area contributed by atoms with E-state index in [1.165, 1.54) is 25.7 Å². The summed E-state index contributed by atoms with van der Waals surface area (Å²) in [5.74, 6) is -0.505. The van der Waals surface area contributed by atoms with Crippen LogP contribution in [0.2, 0.25) is 0 Å². The van der Waals surface area contributed by atoms with Crippen molar-refractivity contribution >= 4 is 11.9 Å². The summed E-state index contributed by atoms with van der Waals surface area (Å²) in [5.41, 5.74) is 0.524. The zero-order valence-corrected chi connectivity index (χ0v) is 28.0. The minimum atomic E-state index is -0.358. The first-order chi connectivity index (χ1) is 22.7. The fraction of sp³-hybridized carbons (Fsp3) is 0.765. The first-order valence-electron chi connectivity index (χ1n) is 16.7. The number of benzene rings is 1. The molecule has 0 radical (unpaired) electrons. The first-order valence-corrected chi connectivity index (χ1v) is 16.7. The van der Waals surface area contributed by atoms with E-state index in [9.17, 15) is 9.59 Å². The van der Waals surface area contributed by atoms with Gasteiger partial charge in [-0.2, -0.15) is 0 Å². The van der Waals surface area contributed by atoms with E-state index in [4.69, 9.17) is 47.4 Å². The molecule has 0 aliphatic heterocycles. The van der Waals surface area contributed by atoms with E-state index in [1.54, 1.807) is 24.3 Å². The standard InChI is InChI=1S/C34H58O12/c1-2-3-4-5-6-10-13-33(35)45-30-28-43-26-24-41-22-20-39-18-16-37-14-15-38-17-19-40-21-23-42-25-27-44-29-31-46-34(36)32-11-8-7-9-12-32/h7-9,11-12H,2-6,10,13-31H2,1H3. The van der Waals surface area contributed by atoms with Crippen molar-refractivity contribution in [3.05, 3.63) is 35.9 Å². The average Bonchev–Trinajstić information content (AvgIpc) is 3.07. The highest BCUT2D eigenvalue weighted by atomic mass is 16.6. The van der Waals surface area contributed by atoms with E-state index in [2.05, 4.69) is 6.92 Å². The van der Waals surface area contributed by atoms with Crippen molar-refractivity contribution in [3.63, 3.8) is 0 Å². The molecular formula is C34H58O12. The zero-order valence-electron chi connectivity index (χ0n) is 28.0. The lowest BCUT2D eigenvalue weighted by molar-refractivity contribution is -0.145. The van der Waals surface area contributed by atoms with E-state index in [-0.39, 0.29) is 25.2 Å². The van der Waals surface area contributed by atoms with Gasteiger partial charge in [0.05, 0.1) is 111 Å². The van der Waals surface area contributed by atoms with Gasteiger partial charge >= 0.3 is 11.9 Å². The molecule has 0 aliphatic carbocycles. The van der Waals surface area contributed by atoms with Gasteiger partial charge in [0.25, 0.3) is 0 Å². The van der Waals surface area contributed by atoms with E-state index in [0.29, 0.717) is 118 Å². The van der Waals surface area contributed by atoms with Crippen LogP contribution in [0.15, 0.2) is 30.3 Å². The lowest BCUT2D eigenvalue weighted by atomic mass is 10.1. The largest absolute Gasteiger partial charge is 0.463 e. The van der Waals surface area contributed by atoms with Crippen LogP contribution in [0.25, 0.3) is 0 Å². The molecule has 0 fully saturated rings. The maximum Gasteiger partial charge on any atom is 0.338 e. The highest BCUT2D eigenvalue weighted by molar-refractivity contribution is 5.89. The minimum Gasteiger partial charge on any atom is -0.463 e. The van der Waals surface area contributed by atoms with Crippen LogP contribution in [0, 0.1) is 0 Å². The molecule has 0 aliphatic rings. The van der Waals surface area contributed by atoms with Gasteiger partial charge in [-0.3, -0.25) is 4.79 Å². The Kier molecular flexibility index (Phi) is 31.1. The number of carbonyl (C=O) groups is 2. The summed E-state index contributed by atoms with van der Waals surface area (Å²) in [7, 11) is 0.